The van der Waals surface area contributed by atoms with Crippen molar-refractivity contribution in [2.75, 3.05) is 45.2 Å². The van der Waals surface area contributed by atoms with Crippen molar-refractivity contribution in [3.05, 3.63) is 71.4 Å². The summed E-state index contributed by atoms with van der Waals surface area (Å²) in [5.41, 5.74) is 2.56. The van der Waals surface area contributed by atoms with Crippen molar-refractivity contribution < 1.29 is 8.42 Å². The number of piperazine rings is 1. The zero-order valence-corrected chi connectivity index (χ0v) is 22.1. The lowest BCUT2D eigenvalue weighted by molar-refractivity contribution is 0.249. The number of aromatic nitrogens is 4. The van der Waals surface area contributed by atoms with Gasteiger partial charge in [-0.25, -0.2) is 4.98 Å². The molecule has 2 aromatic heterocycles. The molecule has 1 fully saturated rings. The van der Waals surface area contributed by atoms with Gasteiger partial charge in [0.2, 0.25) is 5.95 Å². The van der Waals surface area contributed by atoms with E-state index in [2.05, 4.69) is 48.4 Å². The Morgan fingerprint density at radius 1 is 1.05 bits per heavy atom. The fraction of sp³-hybridized carbons (Fsp3) is 0.280. The number of halogens is 1. The third-order valence-corrected chi connectivity index (χ3v) is 7.76. The summed E-state index contributed by atoms with van der Waals surface area (Å²) >= 11 is 6.25. The number of sulfonamides is 1. The molecule has 10 nitrogen and oxygen atoms in total. The maximum Gasteiger partial charge on any atom is 0.285 e. The summed E-state index contributed by atoms with van der Waals surface area (Å²) in [4.78, 5) is 15.0. The van der Waals surface area contributed by atoms with Crippen molar-refractivity contribution in [3.63, 3.8) is 0 Å². The maximum absolute atomic E-state index is 12.8. The lowest BCUT2D eigenvalue weighted by Crippen LogP contribution is -2.46. The Morgan fingerprint density at radius 3 is 2.54 bits per heavy atom. The summed E-state index contributed by atoms with van der Waals surface area (Å²) in [7, 11) is -0.606. The highest BCUT2D eigenvalue weighted by molar-refractivity contribution is 7.90. The first-order valence-electron chi connectivity index (χ1n) is 11.8. The standard InChI is InChI=1S/C25H27ClN8O2S/c1-31(2)18-28-37(35,36)23-16-20(8-9-21(23)26)22-10-11-27-24-29-25(30-34(22)24)33-14-12-32(13-15-33)17-19-6-4-3-5-7-19/h3-11,16,18H,12-15,17H2,1-2H3. The second-order valence-electron chi connectivity index (χ2n) is 9.01. The largest absolute Gasteiger partial charge is 0.368 e. The van der Waals surface area contributed by atoms with Crippen LogP contribution >= 0.6 is 11.6 Å². The minimum atomic E-state index is -3.99. The first kappa shape index (κ1) is 25.1. The fourth-order valence-electron chi connectivity index (χ4n) is 4.16. The molecule has 0 spiro atoms. The van der Waals surface area contributed by atoms with E-state index in [9.17, 15) is 8.42 Å². The lowest BCUT2D eigenvalue weighted by atomic mass is 10.1. The second kappa shape index (κ2) is 10.4. The zero-order chi connectivity index (χ0) is 26.0. The molecule has 0 radical (unpaired) electrons. The van der Waals surface area contributed by atoms with Crippen molar-refractivity contribution >= 4 is 39.7 Å². The Balaban J connectivity index is 1.39. The predicted octanol–water partition coefficient (Wildman–Crippen LogP) is 3.05. The predicted molar refractivity (Wildman–Crippen MR) is 145 cm³/mol. The summed E-state index contributed by atoms with van der Waals surface area (Å²) in [6.45, 7) is 4.31. The lowest BCUT2D eigenvalue weighted by Gasteiger charge is -2.34. The first-order chi connectivity index (χ1) is 17.8. The van der Waals surface area contributed by atoms with Crippen LogP contribution in [0.5, 0.6) is 0 Å². The van der Waals surface area contributed by atoms with E-state index in [1.54, 1.807) is 47.9 Å². The van der Waals surface area contributed by atoms with E-state index in [-0.39, 0.29) is 9.92 Å². The molecular weight excluding hydrogens is 512 g/mol. The normalized spacial score (nSPS) is 15.1. The third kappa shape index (κ3) is 5.58. The molecule has 0 saturated carbocycles. The number of hydrogen-bond donors (Lipinski definition) is 0. The molecule has 1 aliphatic heterocycles. The summed E-state index contributed by atoms with van der Waals surface area (Å²) in [5, 5.41) is 4.82. The molecular formula is C25H27ClN8O2S. The number of hydrogen-bond acceptors (Lipinski definition) is 7. The van der Waals surface area contributed by atoms with Crippen molar-refractivity contribution in [2.45, 2.75) is 11.4 Å². The highest BCUT2D eigenvalue weighted by Crippen LogP contribution is 2.30. The monoisotopic (exact) mass is 538 g/mol. The van der Waals surface area contributed by atoms with Crippen LogP contribution in [-0.2, 0) is 16.6 Å². The van der Waals surface area contributed by atoms with Gasteiger partial charge in [0, 0.05) is 58.6 Å². The highest BCUT2D eigenvalue weighted by Gasteiger charge is 2.23. The van der Waals surface area contributed by atoms with E-state index in [0.29, 0.717) is 23.0 Å². The molecule has 0 unspecified atom stereocenters. The van der Waals surface area contributed by atoms with Crippen molar-refractivity contribution in [1.29, 1.82) is 0 Å². The van der Waals surface area contributed by atoms with Crippen molar-refractivity contribution in [1.82, 2.24) is 29.4 Å². The highest BCUT2D eigenvalue weighted by atomic mass is 35.5. The third-order valence-electron chi connectivity index (χ3n) is 6.06. The SMILES string of the molecule is CN(C)C=NS(=O)(=O)c1cc(-c2ccnc3nc(N4CCN(Cc5ccccc5)CC4)nn23)ccc1Cl. The van der Waals surface area contributed by atoms with Gasteiger partial charge in [-0.3, -0.25) is 4.90 Å². The number of nitrogens with zero attached hydrogens (tertiary/aromatic N) is 8. The van der Waals surface area contributed by atoms with Gasteiger partial charge < -0.3 is 9.80 Å². The number of anilines is 1. The molecule has 0 aliphatic carbocycles. The van der Waals surface area contributed by atoms with Gasteiger partial charge in [0.1, 0.15) is 11.2 Å². The number of rotatable bonds is 7. The van der Waals surface area contributed by atoms with E-state index < -0.39 is 10.0 Å². The van der Waals surface area contributed by atoms with Crippen LogP contribution in [0.2, 0.25) is 5.02 Å². The minimum Gasteiger partial charge on any atom is -0.368 e. The van der Waals surface area contributed by atoms with Crippen molar-refractivity contribution in [2.24, 2.45) is 4.40 Å². The van der Waals surface area contributed by atoms with Crippen LogP contribution in [0, 0.1) is 0 Å². The number of benzene rings is 2. The first-order valence-corrected chi connectivity index (χ1v) is 13.6. The van der Waals surface area contributed by atoms with Gasteiger partial charge in [0.25, 0.3) is 15.8 Å². The van der Waals surface area contributed by atoms with Gasteiger partial charge in [0.15, 0.2) is 0 Å². The smallest absolute Gasteiger partial charge is 0.285 e. The molecule has 1 saturated heterocycles. The summed E-state index contributed by atoms with van der Waals surface area (Å²) < 4.78 is 30.9. The molecule has 4 aromatic rings. The van der Waals surface area contributed by atoms with Gasteiger partial charge in [-0.2, -0.15) is 17.9 Å². The van der Waals surface area contributed by atoms with Gasteiger partial charge in [-0.05, 0) is 23.8 Å². The van der Waals surface area contributed by atoms with Gasteiger partial charge in [-0.15, -0.1) is 9.50 Å². The van der Waals surface area contributed by atoms with Crippen LogP contribution < -0.4 is 4.90 Å². The topological polar surface area (TPSA) is 99.3 Å². The summed E-state index contributed by atoms with van der Waals surface area (Å²) in [5.74, 6) is 1.03. The molecule has 1 aliphatic rings. The Labute approximate surface area is 220 Å². The van der Waals surface area contributed by atoms with Gasteiger partial charge in [-0.1, -0.05) is 48.0 Å². The molecule has 192 valence electrons. The average Bonchev–Trinajstić information content (AvgIpc) is 3.33. The van der Waals surface area contributed by atoms with Crippen LogP contribution in [-0.4, -0.2) is 84.4 Å². The second-order valence-corrected chi connectivity index (χ2v) is 11.0. The van der Waals surface area contributed by atoms with Crippen molar-refractivity contribution in [3.8, 4) is 11.3 Å². The summed E-state index contributed by atoms with van der Waals surface area (Å²) in [6.07, 6.45) is 2.86. The van der Waals surface area contributed by atoms with Gasteiger partial charge in [0.05, 0.1) is 10.7 Å². The zero-order valence-electron chi connectivity index (χ0n) is 20.6. The van der Waals surface area contributed by atoms with Crippen LogP contribution in [0.1, 0.15) is 5.56 Å². The van der Waals surface area contributed by atoms with Gasteiger partial charge >= 0.3 is 0 Å². The molecule has 0 atom stereocenters. The molecule has 2 aromatic carbocycles. The van der Waals surface area contributed by atoms with E-state index in [1.165, 1.54) is 18.0 Å². The molecule has 5 rings (SSSR count). The summed E-state index contributed by atoms with van der Waals surface area (Å²) in [6, 6.07) is 17.0. The van der Waals surface area contributed by atoms with E-state index in [4.69, 9.17) is 16.7 Å². The Hall–Kier alpha value is -3.54. The fourth-order valence-corrected chi connectivity index (χ4v) is 5.58. The molecule has 0 amide bonds. The Bertz CT molecular complexity index is 1530. The minimum absolute atomic E-state index is 0.0791. The van der Waals surface area contributed by atoms with Crippen LogP contribution in [0.15, 0.2) is 70.1 Å². The van der Waals surface area contributed by atoms with Crippen LogP contribution in [0.3, 0.4) is 0 Å². The van der Waals surface area contributed by atoms with Crippen LogP contribution in [0.4, 0.5) is 5.95 Å². The van der Waals surface area contributed by atoms with E-state index in [0.717, 1.165) is 32.7 Å². The Kier molecular flexibility index (Phi) is 7.09. The maximum atomic E-state index is 12.8. The quantitative estimate of drug-likeness (QED) is 0.261. The average molecular weight is 539 g/mol. The van der Waals surface area contributed by atoms with Crippen LogP contribution in [0.25, 0.3) is 17.0 Å². The number of fused-ring (bicyclic) bond motifs is 1. The molecule has 0 N–H and O–H groups in total. The molecule has 3 heterocycles. The van der Waals surface area contributed by atoms with E-state index >= 15 is 0 Å². The molecule has 0 bridgehead atoms. The molecule has 12 heteroatoms. The van der Waals surface area contributed by atoms with E-state index in [1.807, 2.05) is 6.07 Å². The molecule has 37 heavy (non-hydrogen) atoms. The Morgan fingerprint density at radius 2 is 1.81 bits per heavy atom.